The number of hydrogen-bond donors (Lipinski definition) is 0. The van der Waals surface area contributed by atoms with Crippen molar-refractivity contribution in [2.24, 2.45) is 23.7 Å². The Morgan fingerprint density at radius 1 is 1.23 bits per heavy atom. The number of hydrogen-bond acceptors (Lipinski definition) is 0. The Balaban J connectivity index is 2.71. The molecule has 76 valence electrons. The summed E-state index contributed by atoms with van der Waals surface area (Å²) >= 11 is 0. The zero-order valence-electron chi connectivity index (χ0n) is 10.0. The van der Waals surface area contributed by atoms with Crippen LogP contribution < -0.4 is 0 Å². The van der Waals surface area contributed by atoms with E-state index in [0.29, 0.717) is 0 Å². The summed E-state index contributed by atoms with van der Waals surface area (Å²) in [5.41, 5.74) is 3.32. The number of rotatable bonds is 2. The van der Waals surface area contributed by atoms with Crippen molar-refractivity contribution in [3.8, 4) is 0 Å². The van der Waals surface area contributed by atoms with Gasteiger partial charge in [-0.2, -0.15) is 0 Å². The van der Waals surface area contributed by atoms with Gasteiger partial charge in [-0.1, -0.05) is 38.8 Å². The lowest BCUT2D eigenvalue weighted by atomic mass is 9.62. The van der Waals surface area contributed by atoms with E-state index in [0.717, 1.165) is 23.7 Å². The third-order valence-corrected chi connectivity index (χ3v) is 3.80. The molecule has 3 unspecified atom stereocenters. The Kier molecular flexibility index (Phi) is 3.21. The topological polar surface area (TPSA) is 0 Å². The first-order valence-electron chi connectivity index (χ1n) is 5.62. The van der Waals surface area contributed by atoms with Crippen LogP contribution in [0.2, 0.25) is 0 Å². The van der Waals surface area contributed by atoms with E-state index in [-0.39, 0.29) is 0 Å². The fraction of sp³-hybridized carbons (Fsp3) is 0.846. The standard InChI is InChI=1S/C13H24/c1-8(2)11(6)12-7-10(5)13(12)9(3)4/h8,10-12H,7H2,1-6H3. The number of allylic oxidation sites excluding steroid dienone is 2. The van der Waals surface area contributed by atoms with Gasteiger partial charge in [0.05, 0.1) is 0 Å². The van der Waals surface area contributed by atoms with Gasteiger partial charge in [-0.05, 0) is 43.9 Å². The van der Waals surface area contributed by atoms with Crippen LogP contribution in [0.25, 0.3) is 0 Å². The Labute approximate surface area is 83.4 Å². The lowest BCUT2D eigenvalue weighted by molar-refractivity contribution is 0.199. The van der Waals surface area contributed by atoms with E-state index in [1.807, 2.05) is 0 Å². The van der Waals surface area contributed by atoms with E-state index >= 15 is 0 Å². The molecule has 0 amide bonds. The molecular formula is C13H24. The molecule has 13 heavy (non-hydrogen) atoms. The van der Waals surface area contributed by atoms with Gasteiger partial charge in [0.2, 0.25) is 0 Å². The molecule has 0 N–H and O–H groups in total. The zero-order valence-corrected chi connectivity index (χ0v) is 10.0. The first-order chi connectivity index (χ1) is 5.95. The molecule has 0 heteroatoms. The van der Waals surface area contributed by atoms with E-state index in [1.54, 1.807) is 11.1 Å². The van der Waals surface area contributed by atoms with Crippen molar-refractivity contribution in [1.29, 1.82) is 0 Å². The summed E-state index contributed by atoms with van der Waals surface area (Å²) in [4.78, 5) is 0. The summed E-state index contributed by atoms with van der Waals surface area (Å²) in [7, 11) is 0. The highest BCUT2D eigenvalue weighted by atomic mass is 14.4. The van der Waals surface area contributed by atoms with Crippen molar-refractivity contribution < 1.29 is 0 Å². The van der Waals surface area contributed by atoms with Crippen molar-refractivity contribution in [2.75, 3.05) is 0 Å². The average Bonchev–Trinajstić information content (AvgIpc) is 1.97. The largest absolute Gasteiger partial charge is 0.0767 e. The van der Waals surface area contributed by atoms with E-state index in [9.17, 15) is 0 Å². The zero-order chi connectivity index (χ0) is 10.2. The third kappa shape index (κ3) is 1.98. The second-order valence-electron chi connectivity index (χ2n) is 5.30. The summed E-state index contributed by atoms with van der Waals surface area (Å²) in [6.07, 6.45) is 1.42. The highest BCUT2D eigenvalue weighted by Crippen LogP contribution is 2.47. The molecule has 0 aromatic carbocycles. The molecule has 0 radical (unpaired) electrons. The summed E-state index contributed by atoms with van der Waals surface area (Å²) in [5.74, 6) is 3.43. The maximum Gasteiger partial charge on any atom is -0.0164 e. The molecule has 0 aromatic heterocycles. The fourth-order valence-corrected chi connectivity index (χ4v) is 2.67. The van der Waals surface area contributed by atoms with Crippen LogP contribution in [-0.2, 0) is 0 Å². The SMILES string of the molecule is CC(C)=C1C(C)CC1C(C)C(C)C. The summed E-state index contributed by atoms with van der Waals surface area (Å²) < 4.78 is 0. The smallest absolute Gasteiger partial charge is 0.0164 e. The van der Waals surface area contributed by atoms with Crippen molar-refractivity contribution in [2.45, 2.75) is 48.0 Å². The van der Waals surface area contributed by atoms with Gasteiger partial charge in [0, 0.05) is 0 Å². The highest BCUT2D eigenvalue weighted by molar-refractivity contribution is 5.24. The van der Waals surface area contributed by atoms with Crippen molar-refractivity contribution in [1.82, 2.24) is 0 Å². The molecule has 1 aliphatic carbocycles. The van der Waals surface area contributed by atoms with E-state index in [4.69, 9.17) is 0 Å². The van der Waals surface area contributed by atoms with Gasteiger partial charge in [-0.15, -0.1) is 0 Å². The van der Waals surface area contributed by atoms with E-state index < -0.39 is 0 Å². The quantitative estimate of drug-likeness (QED) is 0.557. The molecule has 0 saturated heterocycles. The van der Waals surface area contributed by atoms with E-state index in [1.165, 1.54) is 6.42 Å². The lowest BCUT2D eigenvalue weighted by Crippen LogP contribution is -2.33. The Hall–Kier alpha value is -0.260. The molecule has 1 fully saturated rings. The molecule has 1 rings (SSSR count). The molecule has 0 aliphatic heterocycles. The minimum atomic E-state index is 0.826. The Bertz CT molecular complexity index is 206. The van der Waals surface area contributed by atoms with Crippen molar-refractivity contribution >= 4 is 0 Å². The second kappa shape index (κ2) is 3.86. The van der Waals surface area contributed by atoms with Crippen LogP contribution in [0.5, 0.6) is 0 Å². The molecule has 0 heterocycles. The molecule has 0 bridgehead atoms. The van der Waals surface area contributed by atoms with Crippen LogP contribution in [0.3, 0.4) is 0 Å². The van der Waals surface area contributed by atoms with Crippen LogP contribution >= 0.6 is 0 Å². The fourth-order valence-electron chi connectivity index (χ4n) is 2.67. The van der Waals surface area contributed by atoms with Gasteiger partial charge in [0.25, 0.3) is 0 Å². The summed E-state index contributed by atoms with van der Waals surface area (Å²) in [6, 6.07) is 0. The first kappa shape index (κ1) is 10.8. The van der Waals surface area contributed by atoms with Gasteiger partial charge in [-0.3, -0.25) is 0 Å². The van der Waals surface area contributed by atoms with Gasteiger partial charge in [0.1, 0.15) is 0 Å². The molecule has 3 atom stereocenters. The molecule has 1 aliphatic rings. The predicted octanol–water partition coefficient (Wildman–Crippen LogP) is 4.27. The Morgan fingerprint density at radius 2 is 1.77 bits per heavy atom. The van der Waals surface area contributed by atoms with Crippen molar-refractivity contribution in [3.63, 3.8) is 0 Å². The van der Waals surface area contributed by atoms with Gasteiger partial charge >= 0.3 is 0 Å². The normalized spacial score (nSPS) is 30.2. The molecule has 0 nitrogen and oxygen atoms in total. The second-order valence-corrected chi connectivity index (χ2v) is 5.30. The maximum atomic E-state index is 2.41. The maximum absolute atomic E-state index is 2.41. The van der Waals surface area contributed by atoms with Gasteiger partial charge in [0.15, 0.2) is 0 Å². The van der Waals surface area contributed by atoms with Gasteiger partial charge in [-0.25, -0.2) is 0 Å². The first-order valence-corrected chi connectivity index (χ1v) is 5.62. The molecular weight excluding hydrogens is 156 g/mol. The van der Waals surface area contributed by atoms with Gasteiger partial charge < -0.3 is 0 Å². The highest BCUT2D eigenvalue weighted by Gasteiger charge is 2.36. The average molecular weight is 180 g/mol. The van der Waals surface area contributed by atoms with Crippen LogP contribution in [0.15, 0.2) is 11.1 Å². The predicted molar refractivity (Wildman–Crippen MR) is 59.6 cm³/mol. The lowest BCUT2D eigenvalue weighted by Gasteiger charge is -2.43. The van der Waals surface area contributed by atoms with Crippen LogP contribution in [0.1, 0.15) is 48.0 Å². The Morgan fingerprint density at radius 3 is 2.08 bits per heavy atom. The molecule has 0 spiro atoms. The molecule has 0 aromatic rings. The van der Waals surface area contributed by atoms with E-state index in [2.05, 4.69) is 41.5 Å². The van der Waals surface area contributed by atoms with Crippen molar-refractivity contribution in [3.05, 3.63) is 11.1 Å². The minimum absolute atomic E-state index is 0.826. The van der Waals surface area contributed by atoms with Crippen LogP contribution in [0, 0.1) is 23.7 Å². The monoisotopic (exact) mass is 180 g/mol. The van der Waals surface area contributed by atoms with Crippen LogP contribution in [-0.4, -0.2) is 0 Å². The summed E-state index contributed by atoms with van der Waals surface area (Å²) in [6.45, 7) is 14.0. The van der Waals surface area contributed by atoms with Crippen LogP contribution in [0.4, 0.5) is 0 Å². The minimum Gasteiger partial charge on any atom is -0.0767 e. The third-order valence-electron chi connectivity index (χ3n) is 3.80. The molecule has 1 saturated carbocycles. The summed E-state index contributed by atoms with van der Waals surface area (Å²) in [5, 5.41) is 0.